The van der Waals surface area contributed by atoms with Crippen LogP contribution in [-0.2, 0) is 11.3 Å². The van der Waals surface area contributed by atoms with Crippen molar-refractivity contribution in [3.63, 3.8) is 0 Å². The van der Waals surface area contributed by atoms with E-state index in [-0.39, 0.29) is 11.8 Å². The molecule has 1 heterocycles. The van der Waals surface area contributed by atoms with Crippen LogP contribution in [0.25, 0.3) is 0 Å². The summed E-state index contributed by atoms with van der Waals surface area (Å²) in [4.78, 5) is 17.7. The first kappa shape index (κ1) is 22.6. The van der Waals surface area contributed by atoms with Crippen LogP contribution in [0.3, 0.4) is 0 Å². The number of hydrogen-bond donors (Lipinski definition) is 0. The van der Waals surface area contributed by atoms with Gasteiger partial charge in [0.05, 0.1) is 0 Å². The van der Waals surface area contributed by atoms with Gasteiger partial charge in [0.2, 0.25) is 5.91 Å². The number of likely N-dealkylation sites (tertiary alicyclic amines) is 1. The molecule has 0 spiro atoms. The van der Waals surface area contributed by atoms with E-state index in [9.17, 15) is 4.79 Å². The normalized spacial score (nSPS) is 19.6. The molecular weight excluding hydrogens is 368 g/mol. The molecule has 162 valence electrons. The van der Waals surface area contributed by atoms with E-state index in [0.29, 0.717) is 17.8 Å². The lowest BCUT2D eigenvalue weighted by atomic mass is 9.86. The van der Waals surface area contributed by atoms with E-state index in [1.165, 1.54) is 16.7 Å². The van der Waals surface area contributed by atoms with Crippen molar-refractivity contribution in [1.29, 1.82) is 0 Å². The largest absolute Gasteiger partial charge is 0.342 e. The average Bonchev–Trinajstić information content (AvgIpc) is 3.09. The van der Waals surface area contributed by atoms with Crippen LogP contribution in [0.1, 0.15) is 50.3 Å². The minimum atomic E-state index is 0.0440. The van der Waals surface area contributed by atoms with Crippen molar-refractivity contribution in [2.24, 2.45) is 17.8 Å². The molecule has 3 nitrogen and oxygen atoms in total. The third kappa shape index (κ3) is 5.72. The summed E-state index contributed by atoms with van der Waals surface area (Å²) in [7, 11) is 0. The summed E-state index contributed by atoms with van der Waals surface area (Å²) in [6.45, 7) is 15.4. The second kappa shape index (κ2) is 10.3. The van der Waals surface area contributed by atoms with Crippen molar-refractivity contribution < 1.29 is 4.79 Å². The number of carbonyl (C=O) groups excluding carboxylic acids is 1. The molecule has 2 aromatic rings. The first-order valence-electron chi connectivity index (χ1n) is 11.5. The van der Waals surface area contributed by atoms with E-state index >= 15 is 0 Å². The van der Waals surface area contributed by atoms with Crippen molar-refractivity contribution in [3.05, 3.63) is 71.3 Å². The predicted molar refractivity (Wildman–Crippen MR) is 125 cm³/mol. The summed E-state index contributed by atoms with van der Waals surface area (Å²) in [6, 6.07) is 19.5. The van der Waals surface area contributed by atoms with E-state index in [1.807, 2.05) is 13.8 Å². The highest BCUT2D eigenvalue weighted by Crippen LogP contribution is 2.36. The maximum Gasteiger partial charge on any atom is 0.225 e. The minimum Gasteiger partial charge on any atom is -0.342 e. The molecule has 0 aliphatic carbocycles. The van der Waals surface area contributed by atoms with Gasteiger partial charge in [-0.05, 0) is 35.4 Å². The number of aryl methyl sites for hydroxylation is 1. The summed E-state index contributed by atoms with van der Waals surface area (Å²) in [5, 5.41) is 0. The van der Waals surface area contributed by atoms with Crippen molar-refractivity contribution in [1.82, 2.24) is 9.80 Å². The molecule has 1 aliphatic heterocycles. The zero-order valence-corrected chi connectivity index (χ0v) is 19.3. The highest BCUT2D eigenvalue weighted by molar-refractivity contribution is 5.78. The van der Waals surface area contributed by atoms with Gasteiger partial charge < -0.3 is 4.90 Å². The van der Waals surface area contributed by atoms with E-state index in [2.05, 4.69) is 85.2 Å². The van der Waals surface area contributed by atoms with Gasteiger partial charge in [-0.3, -0.25) is 9.69 Å². The zero-order chi connectivity index (χ0) is 21.7. The van der Waals surface area contributed by atoms with Gasteiger partial charge >= 0.3 is 0 Å². The number of amides is 1. The molecule has 1 aliphatic rings. The van der Waals surface area contributed by atoms with Crippen LogP contribution in [0, 0.1) is 24.7 Å². The number of carbonyl (C=O) groups is 1. The molecule has 0 bridgehead atoms. The molecule has 0 N–H and O–H groups in total. The van der Waals surface area contributed by atoms with Crippen molar-refractivity contribution in [3.8, 4) is 0 Å². The summed E-state index contributed by atoms with van der Waals surface area (Å²) in [6.07, 6.45) is 0. The molecule has 0 aromatic heterocycles. The second-order valence-electron chi connectivity index (χ2n) is 9.69. The van der Waals surface area contributed by atoms with Crippen LogP contribution < -0.4 is 0 Å². The molecular formula is C27H38N2O. The number of hydrogen-bond acceptors (Lipinski definition) is 2. The van der Waals surface area contributed by atoms with Crippen molar-refractivity contribution in [2.45, 2.75) is 47.1 Å². The Bertz CT molecular complexity index is 815. The lowest BCUT2D eigenvalue weighted by molar-refractivity contribution is -0.135. The lowest BCUT2D eigenvalue weighted by Gasteiger charge is -2.31. The van der Waals surface area contributed by atoms with Gasteiger partial charge in [-0.1, -0.05) is 82.3 Å². The monoisotopic (exact) mass is 406 g/mol. The van der Waals surface area contributed by atoms with Crippen LogP contribution >= 0.6 is 0 Å². The van der Waals surface area contributed by atoms with Gasteiger partial charge in [0.1, 0.15) is 0 Å². The molecule has 2 atom stereocenters. The first-order chi connectivity index (χ1) is 14.3. The maximum absolute atomic E-state index is 13.0. The standard InChI is InChI=1S/C27H38N2O/c1-20(2)15-29(27(30)21(3)4)18-24-17-28(16-23-12-7-6-8-13-23)19-26(24)25-14-10-9-11-22(25)5/h6-14,20-21,24,26H,15-19H2,1-5H3. The number of rotatable bonds is 8. The van der Waals surface area contributed by atoms with E-state index in [0.717, 1.165) is 32.7 Å². The quantitative estimate of drug-likeness (QED) is 0.590. The van der Waals surface area contributed by atoms with Crippen molar-refractivity contribution in [2.75, 3.05) is 26.2 Å². The fourth-order valence-electron chi connectivity index (χ4n) is 4.81. The Balaban J connectivity index is 1.83. The van der Waals surface area contributed by atoms with E-state index in [1.54, 1.807) is 0 Å². The molecule has 30 heavy (non-hydrogen) atoms. The van der Waals surface area contributed by atoms with E-state index < -0.39 is 0 Å². The summed E-state index contributed by atoms with van der Waals surface area (Å²) < 4.78 is 0. The second-order valence-corrected chi connectivity index (χ2v) is 9.69. The number of benzene rings is 2. The summed E-state index contributed by atoms with van der Waals surface area (Å²) in [5.41, 5.74) is 4.16. The summed E-state index contributed by atoms with van der Waals surface area (Å²) >= 11 is 0. The van der Waals surface area contributed by atoms with Crippen LogP contribution in [-0.4, -0.2) is 41.9 Å². The van der Waals surface area contributed by atoms with Gasteiger partial charge in [0.15, 0.2) is 0 Å². The topological polar surface area (TPSA) is 23.6 Å². The molecule has 1 amide bonds. The third-order valence-electron chi connectivity index (χ3n) is 6.20. The van der Waals surface area contributed by atoms with Crippen molar-refractivity contribution >= 4 is 5.91 Å². The Labute approximate surface area is 183 Å². The van der Waals surface area contributed by atoms with Gasteiger partial charge in [0, 0.05) is 44.6 Å². The molecule has 2 unspecified atom stereocenters. The zero-order valence-electron chi connectivity index (χ0n) is 19.3. The Morgan fingerprint density at radius 3 is 2.30 bits per heavy atom. The number of nitrogens with zero attached hydrogens (tertiary/aromatic N) is 2. The predicted octanol–water partition coefficient (Wildman–Crippen LogP) is 5.35. The molecule has 0 radical (unpaired) electrons. The van der Waals surface area contributed by atoms with Gasteiger partial charge in [-0.25, -0.2) is 0 Å². The Hall–Kier alpha value is -2.13. The molecule has 1 fully saturated rings. The molecule has 3 rings (SSSR count). The Morgan fingerprint density at radius 2 is 1.67 bits per heavy atom. The highest BCUT2D eigenvalue weighted by atomic mass is 16.2. The van der Waals surface area contributed by atoms with Gasteiger partial charge in [-0.2, -0.15) is 0 Å². The van der Waals surface area contributed by atoms with E-state index in [4.69, 9.17) is 0 Å². The lowest BCUT2D eigenvalue weighted by Crippen LogP contribution is -2.41. The third-order valence-corrected chi connectivity index (χ3v) is 6.20. The van der Waals surface area contributed by atoms with Crippen LogP contribution in [0.2, 0.25) is 0 Å². The molecule has 1 saturated heterocycles. The van der Waals surface area contributed by atoms with Gasteiger partial charge in [-0.15, -0.1) is 0 Å². The fourth-order valence-corrected chi connectivity index (χ4v) is 4.81. The Kier molecular flexibility index (Phi) is 7.71. The minimum absolute atomic E-state index is 0.0440. The summed E-state index contributed by atoms with van der Waals surface area (Å²) in [5.74, 6) is 1.73. The molecule has 2 aromatic carbocycles. The van der Waals surface area contributed by atoms with Crippen LogP contribution in [0.4, 0.5) is 0 Å². The highest BCUT2D eigenvalue weighted by Gasteiger charge is 2.36. The molecule has 3 heteroatoms. The fraction of sp³-hybridized carbons (Fsp3) is 0.519. The average molecular weight is 407 g/mol. The SMILES string of the molecule is Cc1ccccc1C1CN(Cc2ccccc2)CC1CN(CC(C)C)C(=O)C(C)C. The van der Waals surface area contributed by atoms with Crippen LogP contribution in [0.5, 0.6) is 0 Å². The smallest absolute Gasteiger partial charge is 0.225 e. The maximum atomic E-state index is 13.0. The Morgan fingerprint density at radius 1 is 1.00 bits per heavy atom. The van der Waals surface area contributed by atoms with Crippen LogP contribution in [0.15, 0.2) is 54.6 Å². The molecule has 0 saturated carbocycles. The first-order valence-corrected chi connectivity index (χ1v) is 11.5. The van der Waals surface area contributed by atoms with Gasteiger partial charge in [0.25, 0.3) is 0 Å².